The molecule has 2 aromatic heterocycles. The first kappa shape index (κ1) is 24.4. The molecule has 0 unspecified atom stereocenters. The monoisotopic (exact) mass is 550 g/mol. The molecular formula is C35H27BN2O2S. The van der Waals surface area contributed by atoms with Gasteiger partial charge in [-0.1, -0.05) is 51.1 Å². The van der Waals surface area contributed by atoms with Crippen molar-refractivity contribution in [1.82, 2.24) is 9.97 Å². The van der Waals surface area contributed by atoms with Crippen molar-refractivity contribution in [3.63, 3.8) is 0 Å². The van der Waals surface area contributed by atoms with Crippen molar-refractivity contribution in [3.8, 4) is 44.8 Å². The molecule has 0 amide bonds. The molecule has 0 saturated heterocycles. The average Bonchev–Trinajstić information content (AvgIpc) is 3.41. The molecule has 41 heavy (non-hydrogen) atoms. The number of pyridine rings is 1. The summed E-state index contributed by atoms with van der Waals surface area (Å²) in [4.78, 5) is 9.62. The van der Waals surface area contributed by atoms with Crippen LogP contribution in [-0.2, 0) is 5.41 Å². The third-order valence-electron chi connectivity index (χ3n) is 8.17. The Bertz CT molecular complexity index is 1980. The summed E-state index contributed by atoms with van der Waals surface area (Å²) in [5, 5.41) is 1.01. The number of rotatable bonds is 2. The molecular weight excluding hydrogens is 523 g/mol. The molecule has 0 saturated carbocycles. The molecule has 0 aliphatic carbocycles. The molecule has 4 aromatic carbocycles. The number of nitrogens with zero attached hydrogens (tertiary/aromatic N) is 2. The summed E-state index contributed by atoms with van der Waals surface area (Å²) in [5.41, 5.74) is 9.78. The van der Waals surface area contributed by atoms with E-state index in [-0.39, 0.29) is 12.1 Å². The number of ether oxygens (including phenoxy) is 2. The molecule has 2 aliphatic heterocycles. The summed E-state index contributed by atoms with van der Waals surface area (Å²) in [6.07, 6.45) is 1.85. The van der Waals surface area contributed by atoms with E-state index in [1.54, 1.807) is 11.3 Å². The number of para-hydroxylation sites is 1. The Kier molecular flexibility index (Phi) is 5.23. The van der Waals surface area contributed by atoms with Crippen LogP contribution in [0.4, 0.5) is 0 Å². The smallest absolute Gasteiger partial charge is 0.260 e. The minimum atomic E-state index is -0.0518. The predicted molar refractivity (Wildman–Crippen MR) is 169 cm³/mol. The van der Waals surface area contributed by atoms with Gasteiger partial charge < -0.3 is 9.47 Å². The molecule has 0 N–H and O–H groups in total. The van der Waals surface area contributed by atoms with Gasteiger partial charge in [0.2, 0.25) is 0 Å². The van der Waals surface area contributed by atoms with Gasteiger partial charge in [0.25, 0.3) is 6.71 Å². The fraction of sp³-hybridized carbons (Fsp3) is 0.143. The van der Waals surface area contributed by atoms with Crippen LogP contribution >= 0.6 is 11.3 Å². The highest BCUT2D eigenvalue weighted by molar-refractivity contribution is 7.21. The lowest BCUT2D eigenvalue weighted by molar-refractivity contribution is 0.458. The van der Waals surface area contributed by atoms with Gasteiger partial charge in [0.1, 0.15) is 28.0 Å². The third-order valence-corrected chi connectivity index (χ3v) is 9.25. The number of thiazole rings is 1. The van der Waals surface area contributed by atoms with Gasteiger partial charge in [-0.05, 0) is 89.0 Å². The van der Waals surface area contributed by atoms with Gasteiger partial charge in [-0.2, -0.15) is 0 Å². The van der Waals surface area contributed by atoms with Crippen molar-refractivity contribution >= 4 is 44.7 Å². The Labute approximate surface area is 243 Å². The maximum absolute atomic E-state index is 6.69. The molecule has 0 atom stereocenters. The molecule has 0 radical (unpaired) electrons. The summed E-state index contributed by atoms with van der Waals surface area (Å²) in [6.45, 7) is 8.75. The van der Waals surface area contributed by atoms with E-state index >= 15 is 0 Å². The van der Waals surface area contributed by atoms with Gasteiger partial charge in [0, 0.05) is 22.8 Å². The van der Waals surface area contributed by atoms with Crippen LogP contribution in [0.1, 0.15) is 31.9 Å². The second-order valence-electron chi connectivity index (χ2n) is 11.9. The van der Waals surface area contributed by atoms with Crippen molar-refractivity contribution < 1.29 is 9.47 Å². The summed E-state index contributed by atoms with van der Waals surface area (Å²) >= 11 is 1.72. The van der Waals surface area contributed by atoms with Gasteiger partial charge in [-0.3, -0.25) is 4.98 Å². The fourth-order valence-corrected chi connectivity index (χ4v) is 6.97. The molecule has 198 valence electrons. The fourth-order valence-electron chi connectivity index (χ4n) is 6.01. The molecule has 0 fully saturated rings. The zero-order chi connectivity index (χ0) is 27.9. The molecule has 0 spiro atoms. The van der Waals surface area contributed by atoms with E-state index in [9.17, 15) is 0 Å². The number of hydrogen-bond acceptors (Lipinski definition) is 5. The van der Waals surface area contributed by atoms with Crippen LogP contribution in [0.5, 0.6) is 23.0 Å². The lowest BCUT2D eigenvalue weighted by atomic mass is 9.34. The first-order chi connectivity index (χ1) is 19.8. The summed E-state index contributed by atoms with van der Waals surface area (Å²) in [7, 11) is 0. The van der Waals surface area contributed by atoms with Crippen LogP contribution in [0.15, 0.2) is 91.1 Å². The van der Waals surface area contributed by atoms with Crippen LogP contribution < -0.4 is 25.9 Å². The molecule has 4 nitrogen and oxygen atoms in total. The molecule has 2 aliphatic rings. The topological polar surface area (TPSA) is 44.2 Å². The SMILES string of the molecule is Cc1cc2c(cc1-c1ccccn1)B1c3cc(-c4nc5ccccc5s4)ccc3Oc3cc(C(C)(C)C)cc(c31)O2. The highest BCUT2D eigenvalue weighted by Gasteiger charge is 2.41. The van der Waals surface area contributed by atoms with E-state index in [4.69, 9.17) is 14.5 Å². The van der Waals surface area contributed by atoms with Crippen LogP contribution in [0.2, 0.25) is 0 Å². The number of aromatic nitrogens is 2. The Morgan fingerprint density at radius 2 is 1.51 bits per heavy atom. The Hall–Kier alpha value is -4.42. The summed E-state index contributed by atoms with van der Waals surface area (Å²) in [6, 6.07) is 29.7. The second-order valence-corrected chi connectivity index (χ2v) is 13.0. The molecule has 8 rings (SSSR count). The number of aryl methyl sites for hydroxylation is 1. The number of hydrogen-bond donors (Lipinski definition) is 0. The van der Waals surface area contributed by atoms with E-state index in [1.807, 2.05) is 24.4 Å². The summed E-state index contributed by atoms with van der Waals surface area (Å²) < 4.78 is 14.5. The predicted octanol–water partition coefficient (Wildman–Crippen LogP) is 7.36. The highest BCUT2D eigenvalue weighted by atomic mass is 32.1. The van der Waals surface area contributed by atoms with Gasteiger partial charge in [0.15, 0.2) is 0 Å². The number of fused-ring (bicyclic) bond motifs is 5. The van der Waals surface area contributed by atoms with Crippen molar-refractivity contribution in [2.45, 2.75) is 33.1 Å². The van der Waals surface area contributed by atoms with Gasteiger partial charge in [-0.25, -0.2) is 4.98 Å². The Morgan fingerprint density at radius 3 is 2.27 bits per heavy atom. The maximum Gasteiger partial charge on any atom is 0.260 e. The first-order valence-corrected chi connectivity index (χ1v) is 14.7. The van der Waals surface area contributed by atoms with Crippen molar-refractivity contribution in [2.24, 2.45) is 0 Å². The van der Waals surface area contributed by atoms with E-state index in [2.05, 4.69) is 99.4 Å². The lowest BCUT2D eigenvalue weighted by Gasteiger charge is -2.35. The van der Waals surface area contributed by atoms with E-state index < -0.39 is 0 Å². The zero-order valence-electron chi connectivity index (χ0n) is 23.4. The average molecular weight is 550 g/mol. The van der Waals surface area contributed by atoms with Gasteiger partial charge in [0.05, 0.1) is 15.9 Å². The zero-order valence-corrected chi connectivity index (χ0v) is 24.2. The van der Waals surface area contributed by atoms with E-state index in [1.165, 1.54) is 10.3 Å². The van der Waals surface area contributed by atoms with Gasteiger partial charge >= 0.3 is 0 Å². The van der Waals surface area contributed by atoms with Crippen molar-refractivity contribution in [3.05, 3.63) is 102 Å². The highest BCUT2D eigenvalue weighted by Crippen LogP contribution is 2.40. The largest absolute Gasteiger partial charge is 0.458 e. The second kappa shape index (κ2) is 8.79. The van der Waals surface area contributed by atoms with Crippen LogP contribution in [-0.4, -0.2) is 16.7 Å². The minimum absolute atomic E-state index is 0.0427. The molecule has 6 aromatic rings. The third kappa shape index (κ3) is 3.89. The van der Waals surface area contributed by atoms with Crippen LogP contribution in [0.3, 0.4) is 0 Å². The minimum Gasteiger partial charge on any atom is -0.458 e. The number of benzene rings is 4. The Morgan fingerprint density at radius 1 is 0.756 bits per heavy atom. The molecule has 0 bridgehead atoms. The molecule has 6 heteroatoms. The van der Waals surface area contributed by atoms with Crippen LogP contribution in [0.25, 0.3) is 32.0 Å². The maximum atomic E-state index is 6.69. The summed E-state index contributed by atoms with van der Waals surface area (Å²) in [5.74, 6) is 3.49. The van der Waals surface area contributed by atoms with Crippen LogP contribution in [0, 0.1) is 6.92 Å². The van der Waals surface area contributed by atoms with E-state index in [0.29, 0.717) is 0 Å². The van der Waals surface area contributed by atoms with E-state index in [0.717, 1.165) is 72.3 Å². The van der Waals surface area contributed by atoms with Crippen molar-refractivity contribution in [2.75, 3.05) is 0 Å². The lowest BCUT2D eigenvalue weighted by Crippen LogP contribution is -2.57. The Balaban J connectivity index is 1.37. The standard InChI is InChI=1S/C35H27BN2O2S/c1-20-15-29-25(19-23(20)26-9-7-8-14-37-26)36-24-16-21(34-38-27-10-5-6-11-32(27)41-34)12-13-28(24)39-30-17-22(35(2,3)4)18-31(40-29)33(30)36/h5-19H,1-4H3. The first-order valence-electron chi connectivity index (χ1n) is 13.9. The molecule has 4 heterocycles. The van der Waals surface area contributed by atoms with Gasteiger partial charge in [-0.15, -0.1) is 11.3 Å². The quantitative estimate of drug-likeness (QED) is 0.211. The van der Waals surface area contributed by atoms with Crippen molar-refractivity contribution in [1.29, 1.82) is 0 Å². The normalized spacial score (nSPS) is 13.2.